The zero-order chi connectivity index (χ0) is 25.8. The Morgan fingerprint density at radius 2 is 1.55 bits per heavy atom. The zero-order valence-electron chi connectivity index (χ0n) is 23.3. The highest BCUT2D eigenvalue weighted by Gasteiger charge is 2.25. The van der Waals surface area contributed by atoms with Gasteiger partial charge < -0.3 is 4.74 Å². The molecule has 0 bridgehead atoms. The Hall–Kier alpha value is -2.61. The number of allylic oxidation sites excluding steroid dienone is 4. The highest BCUT2D eigenvalue weighted by Crippen LogP contribution is 2.39. The lowest BCUT2D eigenvalue weighted by molar-refractivity contribution is 0.308. The van der Waals surface area contributed by atoms with E-state index in [9.17, 15) is 0 Å². The van der Waals surface area contributed by atoms with Crippen molar-refractivity contribution in [1.29, 1.82) is 0 Å². The number of aryl methyl sites for hydroxylation is 3. The fourth-order valence-electron chi connectivity index (χ4n) is 3.99. The second-order valence-electron chi connectivity index (χ2n) is 9.01. The molecule has 2 rings (SSSR count). The van der Waals surface area contributed by atoms with Gasteiger partial charge in [0.25, 0.3) is 0 Å². The zero-order valence-corrected chi connectivity index (χ0v) is 23.3. The van der Waals surface area contributed by atoms with Crippen LogP contribution >= 0.6 is 0 Å². The summed E-state index contributed by atoms with van der Waals surface area (Å²) in [4.78, 5) is 4.71. The van der Waals surface area contributed by atoms with Crippen molar-refractivity contribution in [3.63, 3.8) is 0 Å². The fraction of sp³-hybridized carbons (Fsp3) is 0.452. The van der Waals surface area contributed by atoms with E-state index in [1.165, 1.54) is 39.8 Å². The van der Waals surface area contributed by atoms with E-state index in [0.29, 0.717) is 0 Å². The third-order valence-corrected chi connectivity index (χ3v) is 5.00. The Bertz CT molecular complexity index is 932. The van der Waals surface area contributed by atoms with Gasteiger partial charge in [-0.15, -0.1) is 0 Å². The van der Waals surface area contributed by atoms with Crippen LogP contribution in [0.15, 0.2) is 60.5 Å². The number of benzene rings is 1. The van der Waals surface area contributed by atoms with Crippen molar-refractivity contribution in [2.45, 2.75) is 82.6 Å². The molecule has 1 aromatic carbocycles. The number of ether oxygens (including phenoxy) is 1. The highest BCUT2D eigenvalue weighted by atomic mass is 16.5. The monoisotopic (exact) mass is 449 g/mol. The lowest BCUT2D eigenvalue weighted by Crippen LogP contribution is -2.13. The summed E-state index contributed by atoms with van der Waals surface area (Å²) in [6.45, 7) is 27.4. The van der Waals surface area contributed by atoms with Crippen LogP contribution in [0.25, 0.3) is 16.7 Å². The average molecular weight is 450 g/mol. The van der Waals surface area contributed by atoms with E-state index >= 15 is 0 Å². The third-order valence-electron chi connectivity index (χ3n) is 5.00. The smallest absolute Gasteiger partial charge is 0.127 e. The SMILES string of the molecule is C=C/C(OC)=C(\C(=C/C)C(C)(C)C)c1cc(-c2c(C)cc(C)cc2C)ccn1.CC.CCC. The van der Waals surface area contributed by atoms with Gasteiger partial charge in [-0.3, -0.25) is 4.98 Å². The molecule has 0 saturated carbocycles. The molecule has 0 amide bonds. The summed E-state index contributed by atoms with van der Waals surface area (Å²) in [6, 6.07) is 8.71. The van der Waals surface area contributed by atoms with E-state index in [2.05, 4.69) is 99.2 Å². The van der Waals surface area contributed by atoms with Gasteiger partial charge in [-0.25, -0.2) is 0 Å². The van der Waals surface area contributed by atoms with E-state index in [-0.39, 0.29) is 5.41 Å². The minimum atomic E-state index is -0.0513. The van der Waals surface area contributed by atoms with E-state index < -0.39 is 0 Å². The maximum Gasteiger partial charge on any atom is 0.127 e. The van der Waals surface area contributed by atoms with Crippen molar-refractivity contribution in [1.82, 2.24) is 4.98 Å². The Kier molecular flexibility index (Phi) is 13.4. The highest BCUT2D eigenvalue weighted by molar-refractivity contribution is 5.83. The van der Waals surface area contributed by atoms with Crippen LogP contribution in [0, 0.1) is 26.2 Å². The maximum absolute atomic E-state index is 5.68. The van der Waals surface area contributed by atoms with Crippen LogP contribution in [0.3, 0.4) is 0 Å². The molecule has 0 atom stereocenters. The molecule has 1 aromatic heterocycles. The van der Waals surface area contributed by atoms with Crippen molar-refractivity contribution in [3.05, 3.63) is 82.9 Å². The molecule has 0 spiro atoms. The molecule has 2 nitrogen and oxygen atoms in total. The molecule has 1 heterocycles. The molecule has 2 aromatic rings. The Morgan fingerprint density at radius 1 is 1.03 bits per heavy atom. The van der Waals surface area contributed by atoms with Crippen molar-refractivity contribution < 1.29 is 4.74 Å². The molecule has 0 unspecified atom stereocenters. The van der Waals surface area contributed by atoms with Crippen LogP contribution in [-0.4, -0.2) is 12.1 Å². The number of nitrogens with zero attached hydrogens (tertiary/aromatic N) is 1. The molecule has 0 aliphatic rings. The standard InChI is InChI=1S/C26H33NO.C3H8.C2H6/c1-10-21(26(6,7)8)25(23(11-2)28-9)22-16-20(12-13-27-22)24-18(4)14-17(3)15-19(24)5;1-3-2;1-2/h10-16H,2H2,1,3-9H3;3H2,1-2H3;1-2H3/b21-10+,25-23-;;. The van der Waals surface area contributed by atoms with Gasteiger partial charge in [0.2, 0.25) is 0 Å². The van der Waals surface area contributed by atoms with E-state index in [1.54, 1.807) is 13.2 Å². The minimum absolute atomic E-state index is 0.0513. The number of hydrogen-bond donors (Lipinski definition) is 0. The topological polar surface area (TPSA) is 22.1 Å². The predicted molar refractivity (Wildman–Crippen MR) is 149 cm³/mol. The van der Waals surface area contributed by atoms with Gasteiger partial charge in [0, 0.05) is 11.8 Å². The Labute approximate surface area is 204 Å². The first kappa shape index (κ1) is 30.4. The van der Waals surface area contributed by atoms with Gasteiger partial charge in [0.15, 0.2) is 0 Å². The third kappa shape index (κ3) is 8.35. The van der Waals surface area contributed by atoms with Crippen molar-refractivity contribution in [3.8, 4) is 11.1 Å². The van der Waals surface area contributed by atoms with Crippen LogP contribution in [0.4, 0.5) is 0 Å². The largest absolute Gasteiger partial charge is 0.496 e. The van der Waals surface area contributed by atoms with Gasteiger partial charge in [-0.2, -0.15) is 0 Å². The lowest BCUT2D eigenvalue weighted by Gasteiger charge is -2.27. The molecule has 0 N–H and O–H groups in total. The summed E-state index contributed by atoms with van der Waals surface area (Å²) >= 11 is 0. The van der Waals surface area contributed by atoms with Gasteiger partial charge in [0.05, 0.1) is 12.8 Å². The molecular formula is C31H47NO. The molecular weight excluding hydrogens is 402 g/mol. The molecule has 0 fully saturated rings. The summed E-state index contributed by atoms with van der Waals surface area (Å²) in [6.07, 6.45) is 7.05. The summed E-state index contributed by atoms with van der Waals surface area (Å²) in [5.74, 6) is 0.741. The van der Waals surface area contributed by atoms with E-state index in [4.69, 9.17) is 9.72 Å². The number of aromatic nitrogens is 1. The second kappa shape index (κ2) is 14.5. The van der Waals surface area contributed by atoms with Crippen molar-refractivity contribution in [2.24, 2.45) is 5.41 Å². The van der Waals surface area contributed by atoms with Crippen LogP contribution < -0.4 is 0 Å². The quantitative estimate of drug-likeness (QED) is 0.335. The van der Waals surface area contributed by atoms with E-state index in [0.717, 1.165) is 17.0 Å². The molecule has 0 aliphatic heterocycles. The Morgan fingerprint density at radius 3 is 1.94 bits per heavy atom. The molecule has 0 radical (unpaired) electrons. The van der Waals surface area contributed by atoms with Crippen LogP contribution in [0.5, 0.6) is 0 Å². The maximum atomic E-state index is 5.68. The number of pyridine rings is 1. The van der Waals surface area contributed by atoms with Crippen LogP contribution in [0.2, 0.25) is 0 Å². The molecule has 33 heavy (non-hydrogen) atoms. The van der Waals surface area contributed by atoms with Gasteiger partial charge in [-0.05, 0) is 79.1 Å². The second-order valence-corrected chi connectivity index (χ2v) is 9.01. The first-order valence-corrected chi connectivity index (χ1v) is 12.2. The van der Waals surface area contributed by atoms with Gasteiger partial charge in [0.1, 0.15) is 5.76 Å². The predicted octanol–water partition coefficient (Wildman–Crippen LogP) is 9.65. The number of methoxy groups -OCH3 is 1. The molecule has 182 valence electrons. The summed E-state index contributed by atoms with van der Waals surface area (Å²) in [5.41, 5.74) is 9.30. The summed E-state index contributed by atoms with van der Waals surface area (Å²) in [5, 5.41) is 0. The first-order chi connectivity index (χ1) is 15.5. The van der Waals surface area contributed by atoms with Crippen molar-refractivity contribution >= 4 is 5.57 Å². The summed E-state index contributed by atoms with van der Waals surface area (Å²) in [7, 11) is 1.69. The lowest BCUT2D eigenvalue weighted by atomic mass is 9.79. The first-order valence-electron chi connectivity index (χ1n) is 12.2. The fourth-order valence-corrected chi connectivity index (χ4v) is 3.99. The van der Waals surface area contributed by atoms with Gasteiger partial charge in [-0.1, -0.05) is 85.2 Å². The van der Waals surface area contributed by atoms with Crippen LogP contribution in [0.1, 0.15) is 84.2 Å². The number of rotatable bonds is 5. The normalized spacial score (nSPS) is 11.9. The summed E-state index contributed by atoms with van der Waals surface area (Å²) < 4.78 is 5.68. The van der Waals surface area contributed by atoms with E-state index in [1.807, 2.05) is 20.0 Å². The van der Waals surface area contributed by atoms with Crippen LogP contribution in [-0.2, 0) is 4.74 Å². The van der Waals surface area contributed by atoms with Gasteiger partial charge >= 0.3 is 0 Å². The van der Waals surface area contributed by atoms with Crippen molar-refractivity contribution in [2.75, 3.05) is 7.11 Å². The average Bonchev–Trinajstić information content (AvgIpc) is 2.74. The molecule has 2 heteroatoms. The Balaban J connectivity index is 0.00000189. The number of hydrogen-bond acceptors (Lipinski definition) is 2. The minimum Gasteiger partial charge on any atom is -0.496 e. The molecule has 0 saturated heterocycles. The molecule has 0 aliphatic carbocycles.